The number of hydrogen-bond acceptors (Lipinski definition) is 3. The van der Waals surface area contributed by atoms with Crippen LogP contribution in [-0.2, 0) is 0 Å². The van der Waals surface area contributed by atoms with Crippen molar-refractivity contribution in [2.75, 3.05) is 6.26 Å². The van der Waals surface area contributed by atoms with Gasteiger partial charge in [-0.3, -0.25) is 0 Å². The van der Waals surface area contributed by atoms with Gasteiger partial charge in [-0.15, -0.1) is 11.8 Å². The summed E-state index contributed by atoms with van der Waals surface area (Å²) in [5.41, 5.74) is 0.154. The summed E-state index contributed by atoms with van der Waals surface area (Å²) in [6, 6.07) is 10.2. The minimum absolute atomic E-state index is 0.154. The molecule has 0 radical (unpaired) electrons. The predicted octanol–water partition coefficient (Wildman–Crippen LogP) is 5.31. The second-order valence-electron chi connectivity index (χ2n) is 3.82. The smallest absolute Gasteiger partial charge is 0.340 e. The molecule has 0 aliphatic rings. The number of thioether (sulfide) groups is 1. The Balaban J connectivity index is 2.45. The van der Waals surface area contributed by atoms with Crippen LogP contribution in [0.4, 0.5) is 0 Å². The summed E-state index contributed by atoms with van der Waals surface area (Å²) in [4.78, 5) is 12.1. The van der Waals surface area contributed by atoms with E-state index >= 15 is 0 Å². The van der Waals surface area contributed by atoms with E-state index in [4.69, 9.17) is 16.3 Å². The molecule has 20 heavy (non-hydrogen) atoms. The molecule has 0 atom stereocenters. The van der Waals surface area contributed by atoms with Crippen LogP contribution in [0.2, 0.25) is 5.02 Å². The van der Waals surface area contributed by atoms with E-state index in [2.05, 4.69) is 15.9 Å². The van der Waals surface area contributed by atoms with E-state index in [0.29, 0.717) is 25.9 Å². The van der Waals surface area contributed by atoms with Crippen LogP contribution < -0.4 is 4.74 Å². The maximum Gasteiger partial charge on any atom is 0.340 e. The molecule has 2 aromatic rings. The molecule has 0 aliphatic carbocycles. The van der Waals surface area contributed by atoms with Gasteiger partial charge in [-0.25, -0.2) is 4.79 Å². The van der Waals surface area contributed by atoms with Gasteiger partial charge in [-0.2, -0.15) is 0 Å². The highest BCUT2D eigenvalue weighted by Gasteiger charge is 2.17. The van der Waals surface area contributed by atoms with Gasteiger partial charge in [-0.1, -0.05) is 17.7 Å². The molecule has 0 saturated heterocycles. The van der Waals surface area contributed by atoms with E-state index in [1.807, 2.05) is 6.26 Å². The van der Waals surface area contributed by atoms with Crippen molar-refractivity contribution in [2.24, 2.45) is 0 Å². The molecule has 1 N–H and O–H groups in total. The van der Waals surface area contributed by atoms with Crippen LogP contribution >= 0.6 is 39.3 Å². The fraction of sp³-hybridized carbons (Fsp3) is 0.0714. The first-order valence-electron chi connectivity index (χ1n) is 5.56. The zero-order valence-corrected chi connectivity index (χ0v) is 13.6. The third kappa shape index (κ3) is 3.29. The van der Waals surface area contributed by atoms with E-state index in [-0.39, 0.29) is 5.56 Å². The summed E-state index contributed by atoms with van der Waals surface area (Å²) in [5.74, 6) is -0.211. The van der Waals surface area contributed by atoms with Gasteiger partial charge in [0.1, 0.15) is 17.1 Å². The van der Waals surface area contributed by atoms with Crippen molar-refractivity contribution >= 4 is 45.3 Å². The molecule has 0 aromatic heterocycles. The Bertz CT molecular complexity index is 661. The Morgan fingerprint density at radius 2 is 2.05 bits per heavy atom. The summed E-state index contributed by atoms with van der Waals surface area (Å²) in [6.45, 7) is 0. The zero-order valence-electron chi connectivity index (χ0n) is 10.4. The minimum atomic E-state index is -1.02. The maximum absolute atomic E-state index is 11.4. The Morgan fingerprint density at radius 1 is 1.30 bits per heavy atom. The predicted molar refractivity (Wildman–Crippen MR) is 84.4 cm³/mol. The standard InChI is InChI=1S/C14H10BrClO3S/c1-20-12-4-2-3-11(13(12)14(17)18)19-10-6-5-8(16)7-9(10)15/h2-7H,1H3,(H,17,18). The minimum Gasteiger partial charge on any atom is -0.478 e. The molecule has 2 aromatic carbocycles. The highest BCUT2D eigenvalue weighted by Crippen LogP contribution is 2.36. The number of ether oxygens (including phenoxy) is 1. The molecule has 0 heterocycles. The Labute approximate surface area is 134 Å². The largest absolute Gasteiger partial charge is 0.478 e. The number of carbonyl (C=O) groups is 1. The summed E-state index contributed by atoms with van der Waals surface area (Å²) in [7, 11) is 0. The van der Waals surface area contributed by atoms with Crippen molar-refractivity contribution in [1.29, 1.82) is 0 Å². The molecule has 0 saturated carbocycles. The molecule has 3 nitrogen and oxygen atoms in total. The molecule has 0 fully saturated rings. The average molecular weight is 374 g/mol. The SMILES string of the molecule is CSc1cccc(Oc2ccc(Cl)cc2Br)c1C(=O)O. The van der Waals surface area contributed by atoms with E-state index in [1.54, 1.807) is 36.4 Å². The molecule has 6 heteroatoms. The van der Waals surface area contributed by atoms with Crippen LogP contribution in [0.3, 0.4) is 0 Å². The molecule has 0 spiro atoms. The number of rotatable bonds is 4. The normalized spacial score (nSPS) is 10.3. The van der Waals surface area contributed by atoms with Crippen molar-refractivity contribution in [1.82, 2.24) is 0 Å². The number of carboxylic acids is 1. The highest BCUT2D eigenvalue weighted by molar-refractivity contribution is 9.10. The monoisotopic (exact) mass is 372 g/mol. The number of benzene rings is 2. The lowest BCUT2D eigenvalue weighted by Gasteiger charge is -2.12. The molecule has 104 valence electrons. The third-order valence-electron chi connectivity index (χ3n) is 2.54. The summed E-state index contributed by atoms with van der Waals surface area (Å²) >= 11 is 10.6. The highest BCUT2D eigenvalue weighted by atomic mass is 79.9. The quantitative estimate of drug-likeness (QED) is 0.737. The van der Waals surface area contributed by atoms with Crippen LogP contribution in [0.5, 0.6) is 11.5 Å². The topological polar surface area (TPSA) is 46.5 Å². The van der Waals surface area contributed by atoms with Crippen molar-refractivity contribution in [3.05, 3.63) is 51.5 Å². The fourth-order valence-corrected chi connectivity index (χ4v) is 3.02. The van der Waals surface area contributed by atoms with Gasteiger partial charge in [0, 0.05) is 9.92 Å². The zero-order chi connectivity index (χ0) is 14.7. The van der Waals surface area contributed by atoms with E-state index in [1.165, 1.54) is 11.8 Å². The first-order valence-corrected chi connectivity index (χ1v) is 7.95. The van der Waals surface area contributed by atoms with Gasteiger partial charge in [0.2, 0.25) is 0 Å². The average Bonchev–Trinajstić information content (AvgIpc) is 2.41. The molecule has 0 aliphatic heterocycles. The second kappa shape index (κ2) is 6.52. The van der Waals surface area contributed by atoms with Gasteiger partial charge >= 0.3 is 5.97 Å². The fourth-order valence-electron chi connectivity index (χ4n) is 1.65. The molecular formula is C14H10BrClO3S. The van der Waals surface area contributed by atoms with Crippen LogP contribution in [0.25, 0.3) is 0 Å². The van der Waals surface area contributed by atoms with Crippen LogP contribution in [-0.4, -0.2) is 17.3 Å². The molecule has 2 rings (SSSR count). The maximum atomic E-state index is 11.4. The van der Waals surface area contributed by atoms with Crippen molar-refractivity contribution in [3.8, 4) is 11.5 Å². The lowest BCUT2D eigenvalue weighted by Crippen LogP contribution is -2.02. The first-order chi connectivity index (χ1) is 9.52. The van der Waals surface area contributed by atoms with Gasteiger partial charge in [-0.05, 0) is 52.5 Å². The van der Waals surface area contributed by atoms with Gasteiger partial charge in [0.25, 0.3) is 0 Å². The van der Waals surface area contributed by atoms with E-state index < -0.39 is 5.97 Å². The van der Waals surface area contributed by atoms with Crippen molar-refractivity contribution in [2.45, 2.75) is 4.90 Å². The first kappa shape index (κ1) is 15.2. The molecular weight excluding hydrogens is 364 g/mol. The number of carboxylic acid groups (broad SMARTS) is 1. The number of halogens is 2. The summed E-state index contributed by atoms with van der Waals surface area (Å²) < 4.78 is 6.36. The van der Waals surface area contributed by atoms with Crippen LogP contribution in [0, 0.1) is 0 Å². The summed E-state index contributed by atoms with van der Waals surface area (Å²) in [6.07, 6.45) is 1.82. The lowest BCUT2D eigenvalue weighted by molar-refractivity contribution is 0.0690. The summed E-state index contributed by atoms with van der Waals surface area (Å²) in [5, 5.41) is 9.91. The van der Waals surface area contributed by atoms with E-state index in [9.17, 15) is 9.90 Å². The van der Waals surface area contributed by atoms with Gasteiger partial charge < -0.3 is 9.84 Å². The number of aromatic carboxylic acids is 1. The third-order valence-corrected chi connectivity index (χ3v) is 4.17. The molecule has 0 unspecified atom stereocenters. The van der Waals surface area contributed by atoms with E-state index in [0.717, 1.165) is 0 Å². The van der Waals surface area contributed by atoms with Crippen molar-refractivity contribution in [3.63, 3.8) is 0 Å². The van der Waals surface area contributed by atoms with Crippen molar-refractivity contribution < 1.29 is 14.6 Å². The lowest BCUT2D eigenvalue weighted by atomic mass is 10.2. The Morgan fingerprint density at radius 3 is 2.65 bits per heavy atom. The van der Waals surface area contributed by atoms with Gasteiger partial charge in [0.05, 0.1) is 4.47 Å². The van der Waals surface area contributed by atoms with Crippen LogP contribution in [0.15, 0.2) is 45.8 Å². The second-order valence-corrected chi connectivity index (χ2v) is 5.95. The number of hydrogen-bond donors (Lipinski definition) is 1. The molecule has 0 amide bonds. The Hall–Kier alpha value is -1.17. The van der Waals surface area contributed by atoms with Gasteiger partial charge in [0.15, 0.2) is 0 Å². The molecule has 0 bridgehead atoms. The van der Waals surface area contributed by atoms with Crippen LogP contribution in [0.1, 0.15) is 10.4 Å². The Kier molecular flexibility index (Phi) is 4.96.